The Balaban J connectivity index is 2.53. The van der Waals surface area contributed by atoms with Crippen LogP contribution in [0.2, 0.25) is 0 Å². The van der Waals surface area contributed by atoms with Crippen molar-refractivity contribution in [3.63, 3.8) is 0 Å². The van der Waals surface area contributed by atoms with Crippen molar-refractivity contribution in [2.75, 3.05) is 0 Å². The van der Waals surface area contributed by atoms with Crippen LogP contribution in [0.4, 0.5) is 0 Å². The van der Waals surface area contributed by atoms with Crippen LogP contribution >= 0.6 is 0 Å². The van der Waals surface area contributed by atoms with Crippen molar-refractivity contribution in [2.45, 2.75) is 27.2 Å². The highest BCUT2D eigenvalue weighted by atomic mass is 16.2. The molecule has 1 aromatic rings. The molecule has 0 aliphatic rings. The van der Waals surface area contributed by atoms with E-state index >= 15 is 0 Å². The van der Waals surface area contributed by atoms with Crippen molar-refractivity contribution in [1.29, 1.82) is 0 Å². The molecule has 0 saturated carbocycles. The number of carbonyl (C=O) groups excluding carboxylic acids is 1. The number of amides is 1. The highest BCUT2D eigenvalue weighted by molar-refractivity contribution is 5.95. The summed E-state index contributed by atoms with van der Waals surface area (Å²) < 4.78 is 0. The summed E-state index contributed by atoms with van der Waals surface area (Å²) in [5.74, 6) is 0.340. The van der Waals surface area contributed by atoms with Crippen LogP contribution in [0.1, 0.15) is 37.6 Å². The van der Waals surface area contributed by atoms with Gasteiger partial charge >= 0.3 is 0 Å². The number of carbonyl (C=O) groups is 1. The number of hydrazone groups is 1. The van der Waals surface area contributed by atoms with E-state index < -0.39 is 0 Å². The van der Waals surface area contributed by atoms with Gasteiger partial charge in [0.25, 0.3) is 5.91 Å². The lowest BCUT2D eigenvalue weighted by Crippen LogP contribution is -2.19. The molecule has 0 aromatic carbocycles. The van der Waals surface area contributed by atoms with Crippen molar-refractivity contribution < 1.29 is 4.79 Å². The Morgan fingerprint density at radius 2 is 2.06 bits per heavy atom. The lowest BCUT2D eigenvalue weighted by Gasteiger charge is -2.04. The fraction of sp³-hybridized carbons (Fsp3) is 0.417. The minimum absolute atomic E-state index is 0.203. The predicted octanol–water partition coefficient (Wildman–Crippen LogP) is 2.23. The lowest BCUT2D eigenvalue weighted by atomic mass is 10.1. The van der Waals surface area contributed by atoms with Gasteiger partial charge in [-0.15, -0.1) is 0 Å². The standard InChI is InChI=1S/C12H17N3O/c1-9(2)8-10(3)14-15-12(16)11-4-6-13-7-5-11/h4-7,9H,8H2,1-3H3,(H,15,16)/b14-10+. The van der Waals surface area contributed by atoms with Gasteiger partial charge in [0.05, 0.1) is 0 Å². The van der Waals surface area contributed by atoms with Gasteiger partial charge in [-0.2, -0.15) is 5.10 Å². The third-order valence-corrected chi connectivity index (χ3v) is 1.99. The summed E-state index contributed by atoms with van der Waals surface area (Å²) in [4.78, 5) is 15.4. The maximum atomic E-state index is 11.6. The largest absolute Gasteiger partial charge is 0.271 e. The monoisotopic (exact) mass is 219 g/mol. The van der Waals surface area contributed by atoms with Crippen LogP contribution in [-0.4, -0.2) is 16.6 Å². The van der Waals surface area contributed by atoms with Crippen molar-refractivity contribution in [1.82, 2.24) is 10.4 Å². The third kappa shape index (κ3) is 4.21. The molecule has 0 spiro atoms. The molecule has 0 bridgehead atoms. The SMILES string of the molecule is C/C(CC(C)C)=N\NC(=O)c1ccncc1. The maximum absolute atomic E-state index is 11.6. The molecule has 4 heteroatoms. The number of nitrogens with zero attached hydrogens (tertiary/aromatic N) is 2. The first-order valence-electron chi connectivity index (χ1n) is 5.33. The molecular weight excluding hydrogens is 202 g/mol. The van der Waals surface area contributed by atoms with Crippen LogP contribution in [0.5, 0.6) is 0 Å². The van der Waals surface area contributed by atoms with Crippen LogP contribution in [-0.2, 0) is 0 Å². The number of hydrogen-bond donors (Lipinski definition) is 1. The normalized spacial score (nSPS) is 11.6. The summed E-state index contributed by atoms with van der Waals surface area (Å²) in [6, 6.07) is 3.31. The van der Waals surface area contributed by atoms with Crippen molar-refractivity contribution in [3.8, 4) is 0 Å². The molecule has 0 fully saturated rings. The molecular formula is C12H17N3O. The van der Waals surface area contributed by atoms with Crippen LogP contribution in [0, 0.1) is 5.92 Å². The van der Waals surface area contributed by atoms with Crippen molar-refractivity contribution in [2.24, 2.45) is 11.0 Å². The molecule has 16 heavy (non-hydrogen) atoms. The first kappa shape index (κ1) is 12.4. The van der Waals surface area contributed by atoms with Gasteiger partial charge in [-0.3, -0.25) is 9.78 Å². The van der Waals surface area contributed by atoms with Gasteiger partial charge in [0.15, 0.2) is 0 Å². The quantitative estimate of drug-likeness (QED) is 0.623. The number of pyridine rings is 1. The number of rotatable bonds is 4. The minimum Gasteiger partial charge on any atom is -0.267 e. The van der Waals surface area contributed by atoms with Gasteiger partial charge in [0.1, 0.15) is 0 Å². The van der Waals surface area contributed by atoms with Gasteiger partial charge in [-0.1, -0.05) is 13.8 Å². The molecule has 1 aromatic heterocycles. The first-order chi connectivity index (χ1) is 7.59. The summed E-state index contributed by atoms with van der Waals surface area (Å²) in [6.07, 6.45) is 4.05. The zero-order valence-corrected chi connectivity index (χ0v) is 9.90. The Morgan fingerprint density at radius 3 is 2.62 bits per heavy atom. The molecule has 0 saturated heterocycles. The van der Waals surface area contributed by atoms with E-state index in [0.717, 1.165) is 12.1 Å². The van der Waals surface area contributed by atoms with E-state index in [9.17, 15) is 4.79 Å². The average molecular weight is 219 g/mol. The number of nitrogens with one attached hydrogen (secondary N) is 1. The minimum atomic E-state index is -0.203. The zero-order valence-electron chi connectivity index (χ0n) is 9.90. The fourth-order valence-corrected chi connectivity index (χ4v) is 1.35. The van der Waals surface area contributed by atoms with Crippen LogP contribution in [0.25, 0.3) is 0 Å². The summed E-state index contributed by atoms with van der Waals surface area (Å²) in [5.41, 5.74) is 4.02. The molecule has 86 valence electrons. The second-order valence-electron chi connectivity index (χ2n) is 4.12. The van der Waals surface area contributed by atoms with Gasteiger partial charge < -0.3 is 0 Å². The summed E-state index contributed by atoms with van der Waals surface area (Å²) >= 11 is 0. The molecule has 4 nitrogen and oxygen atoms in total. The molecule has 0 unspecified atom stereocenters. The summed E-state index contributed by atoms with van der Waals surface area (Å²) in [5, 5.41) is 4.04. The molecule has 1 rings (SSSR count). The van der Waals surface area contributed by atoms with E-state index in [1.54, 1.807) is 24.5 Å². The predicted molar refractivity (Wildman–Crippen MR) is 64.3 cm³/mol. The average Bonchev–Trinajstić information content (AvgIpc) is 2.26. The number of hydrogen-bond acceptors (Lipinski definition) is 3. The Morgan fingerprint density at radius 1 is 1.44 bits per heavy atom. The van der Waals surface area contributed by atoms with Gasteiger partial charge in [0.2, 0.25) is 0 Å². The molecule has 0 aliphatic carbocycles. The molecule has 0 aliphatic heterocycles. The smallest absolute Gasteiger partial charge is 0.267 e. The molecule has 1 amide bonds. The van der Waals surface area contributed by atoms with Gasteiger partial charge in [0, 0.05) is 23.7 Å². The second-order valence-corrected chi connectivity index (χ2v) is 4.12. The van der Waals surface area contributed by atoms with Gasteiger partial charge in [-0.05, 0) is 31.4 Å². The van der Waals surface area contributed by atoms with Crippen molar-refractivity contribution in [3.05, 3.63) is 30.1 Å². The Bertz CT molecular complexity index is 371. The van der Waals surface area contributed by atoms with E-state index in [-0.39, 0.29) is 5.91 Å². The van der Waals surface area contributed by atoms with Gasteiger partial charge in [-0.25, -0.2) is 5.43 Å². The Labute approximate surface area is 95.8 Å². The van der Waals surface area contributed by atoms with Crippen LogP contribution in [0.3, 0.4) is 0 Å². The summed E-state index contributed by atoms with van der Waals surface area (Å²) in [6.45, 7) is 6.14. The van der Waals surface area contributed by atoms with Crippen molar-refractivity contribution >= 4 is 11.6 Å². The Kier molecular flexibility index (Phi) is 4.64. The Hall–Kier alpha value is -1.71. The lowest BCUT2D eigenvalue weighted by molar-refractivity contribution is 0.0954. The van der Waals surface area contributed by atoms with Crippen LogP contribution < -0.4 is 5.43 Å². The van der Waals surface area contributed by atoms with E-state index in [0.29, 0.717) is 11.5 Å². The second kappa shape index (κ2) is 6.00. The topological polar surface area (TPSA) is 54.4 Å². The van der Waals surface area contributed by atoms with E-state index in [2.05, 4.69) is 29.4 Å². The molecule has 0 atom stereocenters. The van der Waals surface area contributed by atoms with E-state index in [4.69, 9.17) is 0 Å². The summed E-state index contributed by atoms with van der Waals surface area (Å²) in [7, 11) is 0. The molecule has 0 radical (unpaired) electrons. The first-order valence-corrected chi connectivity index (χ1v) is 5.33. The van der Waals surface area contributed by atoms with Crippen LogP contribution in [0.15, 0.2) is 29.6 Å². The van der Waals surface area contributed by atoms with E-state index in [1.807, 2.05) is 6.92 Å². The molecule has 1 heterocycles. The number of aromatic nitrogens is 1. The highest BCUT2D eigenvalue weighted by Gasteiger charge is 2.03. The zero-order chi connectivity index (χ0) is 12.0. The maximum Gasteiger partial charge on any atom is 0.271 e. The highest BCUT2D eigenvalue weighted by Crippen LogP contribution is 2.01. The molecule has 1 N–H and O–H groups in total. The third-order valence-electron chi connectivity index (χ3n) is 1.99. The fourth-order valence-electron chi connectivity index (χ4n) is 1.35. The van der Waals surface area contributed by atoms with E-state index in [1.165, 1.54) is 0 Å².